The molecule has 5 heteroatoms. The van der Waals surface area contributed by atoms with E-state index in [2.05, 4.69) is 23.8 Å². The van der Waals surface area contributed by atoms with Gasteiger partial charge in [0.1, 0.15) is 12.4 Å². The lowest BCUT2D eigenvalue weighted by molar-refractivity contribution is -0.137. The fourth-order valence-corrected chi connectivity index (χ4v) is 1.84. The summed E-state index contributed by atoms with van der Waals surface area (Å²) in [5, 5.41) is 0. The third-order valence-electron chi connectivity index (χ3n) is 3.36. The molecule has 1 fully saturated rings. The van der Waals surface area contributed by atoms with Crippen molar-refractivity contribution in [3.8, 4) is 5.88 Å². The van der Waals surface area contributed by atoms with Crippen LogP contribution in [-0.2, 0) is 4.79 Å². The molecule has 98 valence electrons. The van der Waals surface area contributed by atoms with Crippen LogP contribution in [-0.4, -0.2) is 40.0 Å². The maximum atomic E-state index is 11.1. The van der Waals surface area contributed by atoms with Crippen molar-refractivity contribution in [2.45, 2.75) is 39.2 Å². The Morgan fingerprint density at radius 3 is 2.89 bits per heavy atom. The van der Waals surface area contributed by atoms with Gasteiger partial charge in [0.25, 0.3) is 0 Å². The van der Waals surface area contributed by atoms with Crippen LogP contribution in [0.2, 0.25) is 0 Å². The maximum absolute atomic E-state index is 11.1. The first-order valence-electron chi connectivity index (χ1n) is 6.34. The summed E-state index contributed by atoms with van der Waals surface area (Å²) in [7, 11) is 0. The molecule has 0 spiro atoms. The lowest BCUT2D eigenvalue weighted by Gasteiger charge is -2.37. The number of aromatic nitrogens is 2. The Hall–Kier alpha value is -1.65. The second-order valence-electron chi connectivity index (χ2n) is 4.75. The summed E-state index contributed by atoms with van der Waals surface area (Å²) in [5.74, 6) is 1.11. The number of carbonyl (C=O) groups is 1. The number of hydrogen-bond acceptors (Lipinski definition) is 4. The van der Waals surface area contributed by atoms with E-state index in [0.717, 1.165) is 12.1 Å². The zero-order chi connectivity index (χ0) is 13.1. The van der Waals surface area contributed by atoms with Crippen LogP contribution in [0.3, 0.4) is 0 Å². The van der Waals surface area contributed by atoms with Crippen molar-refractivity contribution in [1.82, 2.24) is 14.9 Å². The van der Waals surface area contributed by atoms with Gasteiger partial charge in [0.15, 0.2) is 0 Å². The lowest BCUT2D eigenvalue weighted by Crippen LogP contribution is -2.55. The van der Waals surface area contributed by atoms with Crippen molar-refractivity contribution in [1.29, 1.82) is 0 Å². The third kappa shape index (κ3) is 2.78. The van der Waals surface area contributed by atoms with E-state index < -0.39 is 0 Å². The molecule has 5 nitrogen and oxygen atoms in total. The molecule has 0 aromatic carbocycles. The van der Waals surface area contributed by atoms with Gasteiger partial charge in [0, 0.05) is 13.0 Å². The Bertz CT molecular complexity index is 430. The summed E-state index contributed by atoms with van der Waals surface area (Å²) in [4.78, 5) is 21.2. The molecule has 1 unspecified atom stereocenters. The fourth-order valence-electron chi connectivity index (χ4n) is 1.84. The molecule has 18 heavy (non-hydrogen) atoms. The van der Waals surface area contributed by atoms with Crippen molar-refractivity contribution >= 4 is 5.91 Å². The van der Waals surface area contributed by atoms with E-state index in [1.807, 2.05) is 6.07 Å². The average molecular weight is 249 g/mol. The Kier molecular flexibility index (Phi) is 3.79. The molecule has 0 N–H and O–H groups in total. The highest BCUT2D eigenvalue weighted by atomic mass is 16.5. The molecule has 1 aromatic rings. The molecule has 0 radical (unpaired) electrons. The molecule has 1 amide bonds. The van der Waals surface area contributed by atoms with E-state index in [4.69, 9.17) is 4.74 Å². The van der Waals surface area contributed by atoms with Crippen LogP contribution in [0.15, 0.2) is 12.4 Å². The molecule has 2 heterocycles. The van der Waals surface area contributed by atoms with Crippen molar-refractivity contribution in [2.24, 2.45) is 0 Å². The van der Waals surface area contributed by atoms with Gasteiger partial charge in [-0.05, 0) is 12.3 Å². The van der Waals surface area contributed by atoms with E-state index >= 15 is 0 Å². The number of amides is 1. The second kappa shape index (κ2) is 5.33. The highest BCUT2D eigenvalue weighted by Crippen LogP contribution is 2.21. The molecule has 1 aromatic heterocycles. The van der Waals surface area contributed by atoms with Crippen LogP contribution < -0.4 is 4.74 Å². The van der Waals surface area contributed by atoms with Gasteiger partial charge in [0.2, 0.25) is 11.8 Å². The van der Waals surface area contributed by atoms with Gasteiger partial charge in [-0.15, -0.1) is 0 Å². The largest absolute Gasteiger partial charge is 0.470 e. The highest BCUT2D eigenvalue weighted by molar-refractivity contribution is 5.74. The maximum Gasteiger partial charge on any atom is 0.219 e. The molecule has 1 aliphatic rings. The fraction of sp³-hybridized carbons (Fsp3) is 0.615. The Balaban J connectivity index is 1.93. The van der Waals surface area contributed by atoms with E-state index in [0.29, 0.717) is 24.9 Å². The van der Waals surface area contributed by atoms with Crippen molar-refractivity contribution in [3.05, 3.63) is 18.1 Å². The number of ether oxygens (including phenoxy) is 1. The van der Waals surface area contributed by atoms with E-state index in [1.54, 1.807) is 11.8 Å². The van der Waals surface area contributed by atoms with Gasteiger partial charge in [-0.1, -0.05) is 13.8 Å². The van der Waals surface area contributed by atoms with Gasteiger partial charge in [-0.25, -0.2) is 9.97 Å². The summed E-state index contributed by atoms with van der Waals surface area (Å²) >= 11 is 0. The molecule has 0 bridgehead atoms. The Labute approximate surface area is 107 Å². The van der Waals surface area contributed by atoms with Crippen LogP contribution >= 0.6 is 0 Å². The molecule has 1 saturated heterocycles. The van der Waals surface area contributed by atoms with E-state index in [1.165, 1.54) is 6.33 Å². The summed E-state index contributed by atoms with van der Waals surface area (Å²) < 4.78 is 5.72. The first-order valence-corrected chi connectivity index (χ1v) is 6.34. The first-order chi connectivity index (χ1) is 8.60. The predicted molar refractivity (Wildman–Crippen MR) is 67.4 cm³/mol. The van der Waals surface area contributed by atoms with Gasteiger partial charge in [-0.2, -0.15) is 0 Å². The molecular formula is C13H19N3O2. The summed E-state index contributed by atoms with van der Waals surface area (Å²) in [6.07, 6.45) is 2.64. The lowest BCUT2D eigenvalue weighted by atomic mass is 10.1. The molecule has 0 saturated carbocycles. The number of rotatable bonds is 4. The zero-order valence-electron chi connectivity index (χ0n) is 11.1. The number of nitrogens with zero attached hydrogens (tertiary/aromatic N) is 3. The van der Waals surface area contributed by atoms with E-state index in [9.17, 15) is 4.79 Å². The number of likely N-dealkylation sites (tertiary alicyclic amines) is 1. The zero-order valence-corrected chi connectivity index (χ0v) is 11.1. The third-order valence-corrected chi connectivity index (χ3v) is 3.36. The summed E-state index contributed by atoms with van der Waals surface area (Å²) in [6, 6.07) is 1.89. The van der Waals surface area contributed by atoms with Crippen molar-refractivity contribution < 1.29 is 9.53 Å². The second-order valence-corrected chi connectivity index (χ2v) is 4.75. The van der Waals surface area contributed by atoms with Crippen LogP contribution in [0, 0.1) is 0 Å². The van der Waals surface area contributed by atoms with E-state index in [-0.39, 0.29) is 12.0 Å². The monoisotopic (exact) mass is 249 g/mol. The molecule has 1 atom stereocenters. The Morgan fingerprint density at radius 2 is 2.28 bits per heavy atom. The van der Waals surface area contributed by atoms with Crippen molar-refractivity contribution in [2.75, 3.05) is 13.1 Å². The van der Waals surface area contributed by atoms with Crippen LogP contribution in [0.4, 0.5) is 0 Å². The molecular weight excluding hydrogens is 230 g/mol. The van der Waals surface area contributed by atoms with Gasteiger partial charge < -0.3 is 9.64 Å². The number of hydrogen-bond donors (Lipinski definition) is 0. The minimum Gasteiger partial charge on any atom is -0.470 e. The average Bonchev–Trinajstić information content (AvgIpc) is 2.32. The highest BCUT2D eigenvalue weighted by Gasteiger charge is 2.30. The van der Waals surface area contributed by atoms with Gasteiger partial charge >= 0.3 is 0 Å². The topological polar surface area (TPSA) is 55.3 Å². The Morgan fingerprint density at radius 1 is 1.56 bits per heavy atom. The molecule has 1 aliphatic heterocycles. The van der Waals surface area contributed by atoms with Crippen LogP contribution in [0.25, 0.3) is 0 Å². The normalized spacial score (nSPS) is 17.2. The predicted octanol–water partition coefficient (Wildman–Crippen LogP) is 1.60. The summed E-state index contributed by atoms with van der Waals surface area (Å²) in [6.45, 7) is 7.13. The minimum atomic E-state index is 0.0635. The quantitative estimate of drug-likeness (QED) is 0.813. The first kappa shape index (κ1) is 12.8. The molecule has 2 rings (SSSR count). The minimum absolute atomic E-state index is 0.0635. The van der Waals surface area contributed by atoms with Crippen LogP contribution in [0.1, 0.15) is 38.8 Å². The van der Waals surface area contributed by atoms with Crippen molar-refractivity contribution in [3.63, 3.8) is 0 Å². The smallest absolute Gasteiger partial charge is 0.219 e. The SMILES string of the molecule is CCC(C)c1cc(OC2CN(C(C)=O)C2)ncn1. The summed E-state index contributed by atoms with van der Waals surface area (Å²) in [5.41, 5.74) is 1.00. The van der Waals surface area contributed by atoms with Gasteiger partial charge in [0.05, 0.1) is 18.8 Å². The van der Waals surface area contributed by atoms with Gasteiger partial charge in [-0.3, -0.25) is 4.79 Å². The standard InChI is InChI=1S/C13H19N3O2/c1-4-9(2)12-5-13(15-8-14-12)18-11-6-16(7-11)10(3)17/h5,8-9,11H,4,6-7H2,1-3H3. The number of carbonyl (C=O) groups excluding carboxylic acids is 1. The molecule has 0 aliphatic carbocycles. The van der Waals surface area contributed by atoms with Crippen LogP contribution in [0.5, 0.6) is 5.88 Å².